The quantitative estimate of drug-likeness (QED) is 0.457. The van der Waals surface area contributed by atoms with Crippen LogP contribution in [0.4, 0.5) is 0 Å². The van der Waals surface area contributed by atoms with Crippen molar-refractivity contribution in [2.24, 2.45) is 5.92 Å². The first-order chi connectivity index (χ1) is 4.36. The van der Waals surface area contributed by atoms with E-state index in [0.717, 1.165) is 13.1 Å². The zero-order valence-corrected chi connectivity index (χ0v) is 5.04. The van der Waals surface area contributed by atoms with Crippen molar-refractivity contribution in [3.05, 3.63) is 0 Å². The van der Waals surface area contributed by atoms with Crippen LogP contribution in [0.15, 0.2) is 0 Å². The third-order valence-electron chi connectivity index (χ3n) is 1.43. The molecule has 0 aliphatic carbocycles. The highest BCUT2D eigenvalue weighted by Crippen LogP contribution is 2.12. The minimum Gasteiger partial charge on any atom is -0.288 e. The maximum atomic E-state index is 8.31. The van der Waals surface area contributed by atoms with Crippen molar-refractivity contribution < 1.29 is 0 Å². The summed E-state index contributed by atoms with van der Waals surface area (Å²) >= 11 is 0. The summed E-state index contributed by atoms with van der Waals surface area (Å²) in [4.78, 5) is 1.95. The molecule has 0 spiro atoms. The molecule has 0 saturated carbocycles. The van der Waals surface area contributed by atoms with Gasteiger partial charge in [-0.05, 0) is 0 Å². The van der Waals surface area contributed by atoms with Gasteiger partial charge in [-0.1, -0.05) is 0 Å². The third kappa shape index (κ3) is 1.19. The predicted octanol–water partition coefficient (Wildman–Crippen LogP) is -0.0346. The molecule has 46 valence electrons. The third-order valence-corrected chi connectivity index (χ3v) is 1.43. The summed E-state index contributed by atoms with van der Waals surface area (Å²) in [6.07, 6.45) is 0. The second-order valence-corrected chi connectivity index (χ2v) is 2.18. The Hall–Kier alpha value is -1.06. The lowest BCUT2D eigenvalue weighted by Gasteiger charge is -2.32. The van der Waals surface area contributed by atoms with Gasteiger partial charge in [-0.2, -0.15) is 10.5 Å². The van der Waals surface area contributed by atoms with Crippen LogP contribution in [-0.4, -0.2) is 24.5 Å². The Bertz CT molecular complexity index is 168. The van der Waals surface area contributed by atoms with Gasteiger partial charge < -0.3 is 0 Å². The van der Waals surface area contributed by atoms with Gasteiger partial charge in [0.2, 0.25) is 0 Å². The molecule has 1 aliphatic heterocycles. The molecular weight excluding hydrogens is 114 g/mol. The Labute approximate surface area is 54.1 Å². The Morgan fingerprint density at radius 1 is 1.44 bits per heavy atom. The fraction of sp³-hybridized carbons (Fsp3) is 0.667. The van der Waals surface area contributed by atoms with Gasteiger partial charge in [0.1, 0.15) is 0 Å². The van der Waals surface area contributed by atoms with E-state index in [9.17, 15) is 0 Å². The molecule has 0 bridgehead atoms. The lowest BCUT2D eigenvalue weighted by Crippen LogP contribution is -2.45. The normalized spacial score (nSPS) is 19.8. The second-order valence-electron chi connectivity index (χ2n) is 2.18. The highest BCUT2D eigenvalue weighted by molar-refractivity contribution is 4.97. The lowest BCUT2D eigenvalue weighted by molar-refractivity contribution is 0.155. The molecule has 1 fully saturated rings. The smallest absolute Gasteiger partial charge is 0.0866 e. The Morgan fingerprint density at radius 3 is 2.56 bits per heavy atom. The summed E-state index contributed by atoms with van der Waals surface area (Å²) in [7, 11) is 0. The average Bonchev–Trinajstić information content (AvgIpc) is 1.77. The van der Waals surface area contributed by atoms with Gasteiger partial charge >= 0.3 is 0 Å². The molecule has 0 aromatic rings. The molecule has 0 unspecified atom stereocenters. The Balaban J connectivity index is 2.15. The highest BCUT2D eigenvalue weighted by Gasteiger charge is 2.25. The Kier molecular flexibility index (Phi) is 1.67. The first-order valence-electron chi connectivity index (χ1n) is 2.85. The molecule has 0 amide bonds. The van der Waals surface area contributed by atoms with Gasteiger partial charge in [-0.15, -0.1) is 0 Å². The van der Waals surface area contributed by atoms with Gasteiger partial charge in [-0.25, -0.2) is 0 Å². The number of hydrogen-bond donors (Lipinski definition) is 0. The van der Waals surface area contributed by atoms with Crippen LogP contribution >= 0.6 is 0 Å². The number of hydrogen-bond acceptors (Lipinski definition) is 3. The minimum absolute atomic E-state index is 0.179. The van der Waals surface area contributed by atoms with Crippen LogP contribution in [0.2, 0.25) is 0 Å². The van der Waals surface area contributed by atoms with Crippen molar-refractivity contribution >= 4 is 0 Å². The first kappa shape index (κ1) is 6.07. The number of nitrogens with zero attached hydrogens (tertiary/aromatic N) is 3. The number of likely N-dealkylation sites (tertiary alicyclic amines) is 1. The second kappa shape index (κ2) is 2.48. The monoisotopic (exact) mass is 121 g/mol. The van der Waals surface area contributed by atoms with Crippen LogP contribution in [0.25, 0.3) is 0 Å². The van der Waals surface area contributed by atoms with Crippen LogP contribution < -0.4 is 0 Å². The molecule has 0 aromatic heterocycles. The SMILES string of the molecule is N#CCN1CC(C#N)C1. The molecule has 1 heterocycles. The molecule has 0 aromatic carbocycles. The Morgan fingerprint density at radius 2 is 2.11 bits per heavy atom. The van der Waals surface area contributed by atoms with E-state index in [1.165, 1.54) is 0 Å². The molecule has 3 nitrogen and oxygen atoms in total. The van der Waals surface area contributed by atoms with E-state index in [1.54, 1.807) is 0 Å². The van der Waals surface area contributed by atoms with E-state index in [-0.39, 0.29) is 5.92 Å². The maximum Gasteiger partial charge on any atom is 0.0866 e. The van der Waals surface area contributed by atoms with E-state index in [1.807, 2.05) is 11.0 Å². The fourth-order valence-electron chi connectivity index (χ4n) is 0.881. The summed E-state index contributed by atoms with van der Waals surface area (Å²) in [5, 5.41) is 16.5. The molecule has 9 heavy (non-hydrogen) atoms. The molecule has 1 rings (SSSR count). The fourth-order valence-corrected chi connectivity index (χ4v) is 0.881. The van der Waals surface area contributed by atoms with E-state index in [4.69, 9.17) is 10.5 Å². The van der Waals surface area contributed by atoms with Gasteiger partial charge in [0, 0.05) is 13.1 Å². The molecule has 0 radical (unpaired) electrons. The van der Waals surface area contributed by atoms with Crippen LogP contribution in [0.5, 0.6) is 0 Å². The van der Waals surface area contributed by atoms with Crippen molar-refractivity contribution in [3.63, 3.8) is 0 Å². The van der Waals surface area contributed by atoms with Crippen LogP contribution in [0.1, 0.15) is 0 Å². The van der Waals surface area contributed by atoms with Crippen LogP contribution in [-0.2, 0) is 0 Å². The summed E-state index contributed by atoms with van der Waals surface area (Å²) in [5.41, 5.74) is 0. The summed E-state index contributed by atoms with van der Waals surface area (Å²) in [5.74, 6) is 0.179. The van der Waals surface area contributed by atoms with Crippen molar-refractivity contribution in [2.75, 3.05) is 19.6 Å². The minimum atomic E-state index is 0.179. The summed E-state index contributed by atoms with van der Waals surface area (Å²) in [6.45, 7) is 2.03. The molecule has 0 N–H and O–H groups in total. The molecule has 1 saturated heterocycles. The number of rotatable bonds is 1. The number of nitriles is 2. The van der Waals surface area contributed by atoms with Gasteiger partial charge in [-0.3, -0.25) is 4.90 Å². The standard InChI is InChI=1S/C6H7N3/c7-1-2-9-4-6(3-8)5-9/h6H,2,4-5H2. The lowest BCUT2D eigenvalue weighted by atomic mass is 10.0. The largest absolute Gasteiger partial charge is 0.288 e. The van der Waals surface area contributed by atoms with Gasteiger partial charge in [0.15, 0.2) is 0 Å². The van der Waals surface area contributed by atoms with E-state index in [0.29, 0.717) is 6.54 Å². The van der Waals surface area contributed by atoms with Crippen molar-refractivity contribution in [1.29, 1.82) is 10.5 Å². The van der Waals surface area contributed by atoms with Crippen LogP contribution in [0, 0.1) is 28.6 Å². The van der Waals surface area contributed by atoms with E-state index in [2.05, 4.69) is 6.07 Å². The van der Waals surface area contributed by atoms with Crippen molar-refractivity contribution in [1.82, 2.24) is 4.90 Å². The first-order valence-corrected chi connectivity index (χ1v) is 2.85. The molecular formula is C6H7N3. The van der Waals surface area contributed by atoms with E-state index < -0.39 is 0 Å². The van der Waals surface area contributed by atoms with Crippen molar-refractivity contribution in [3.8, 4) is 12.1 Å². The maximum absolute atomic E-state index is 8.31. The van der Waals surface area contributed by atoms with Crippen LogP contribution in [0.3, 0.4) is 0 Å². The topological polar surface area (TPSA) is 50.8 Å². The predicted molar refractivity (Wildman–Crippen MR) is 31.2 cm³/mol. The molecule has 3 heteroatoms. The average molecular weight is 121 g/mol. The summed E-state index contributed by atoms with van der Waals surface area (Å²) < 4.78 is 0. The zero-order chi connectivity index (χ0) is 6.69. The summed E-state index contributed by atoms with van der Waals surface area (Å²) in [6, 6.07) is 4.17. The zero-order valence-electron chi connectivity index (χ0n) is 5.04. The molecule has 0 atom stereocenters. The van der Waals surface area contributed by atoms with Gasteiger partial charge in [0.05, 0.1) is 24.6 Å². The molecule has 1 aliphatic rings. The van der Waals surface area contributed by atoms with Gasteiger partial charge in [0.25, 0.3) is 0 Å². The van der Waals surface area contributed by atoms with E-state index >= 15 is 0 Å². The van der Waals surface area contributed by atoms with Crippen molar-refractivity contribution in [2.45, 2.75) is 0 Å². The highest BCUT2D eigenvalue weighted by atomic mass is 15.2.